The van der Waals surface area contributed by atoms with Gasteiger partial charge in [-0.05, 0) is 74.5 Å². The van der Waals surface area contributed by atoms with Crippen molar-refractivity contribution in [3.8, 4) is 0 Å². The highest BCUT2D eigenvalue weighted by Gasteiger charge is 2.49. The van der Waals surface area contributed by atoms with Gasteiger partial charge in [-0.25, -0.2) is 0 Å². The molecule has 0 amide bonds. The first-order chi connectivity index (χ1) is 12.1. The zero-order valence-corrected chi connectivity index (χ0v) is 17.4. The Morgan fingerprint density at radius 3 is 1.88 bits per heavy atom. The van der Waals surface area contributed by atoms with Crippen LogP contribution in [0.4, 0.5) is 0 Å². The van der Waals surface area contributed by atoms with Gasteiger partial charge in [0.2, 0.25) is 0 Å². The van der Waals surface area contributed by atoms with Crippen LogP contribution in [0.1, 0.15) is 96.1 Å². The molecule has 0 bridgehead atoms. The molecule has 1 aromatic carbocycles. The lowest BCUT2D eigenvalue weighted by Crippen LogP contribution is -2.32. The molecule has 0 heterocycles. The molecule has 0 aromatic heterocycles. The lowest BCUT2D eigenvalue weighted by molar-refractivity contribution is 0.476. The molecule has 1 aromatic rings. The smallest absolute Gasteiger partial charge is 0.0347 e. The third kappa shape index (κ3) is 2.93. The van der Waals surface area contributed by atoms with Crippen LogP contribution in [0.5, 0.6) is 0 Å². The van der Waals surface area contributed by atoms with E-state index in [9.17, 15) is 0 Å². The SMILES string of the molecule is CC1=C(C)[C@](C)(P(C2CCCCC2)C2CCCCC2)c2ccccc21. The van der Waals surface area contributed by atoms with Gasteiger partial charge >= 0.3 is 0 Å². The van der Waals surface area contributed by atoms with Gasteiger partial charge in [0.1, 0.15) is 0 Å². The summed E-state index contributed by atoms with van der Waals surface area (Å²) in [5.74, 6) is 0. The van der Waals surface area contributed by atoms with Crippen molar-refractivity contribution in [3.05, 3.63) is 41.0 Å². The third-order valence-corrected chi connectivity index (χ3v) is 11.8. The molecule has 25 heavy (non-hydrogen) atoms. The van der Waals surface area contributed by atoms with E-state index < -0.39 is 0 Å². The van der Waals surface area contributed by atoms with Gasteiger partial charge < -0.3 is 0 Å². The first kappa shape index (κ1) is 17.8. The maximum atomic E-state index is 2.65. The van der Waals surface area contributed by atoms with Gasteiger partial charge in [0.25, 0.3) is 0 Å². The molecule has 1 heteroatoms. The first-order valence-corrected chi connectivity index (χ1v) is 12.2. The van der Waals surface area contributed by atoms with Crippen LogP contribution >= 0.6 is 7.92 Å². The van der Waals surface area contributed by atoms with Crippen molar-refractivity contribution in [3.63, 3.8) is 0 Å². The molecule has 0 nitrogen and oxygen atoms in total. The molecule has 0 radical (unpaired) electrons. The predicted octanol–water partition coefficient (Wildman–Crippen LogP) is 7.86. The molecule has 2 fully saturated rings. The number of rotatable bonds is 3. The second-order valence-corrected chi connectivity index (χ2v) is 12.0. The molecular formula is C24H35P. The molecule has 4 rings (SSSR count). The van der Waals surface area contributed by atoms with Gasteiger partial charge in [-0.15, -0.1) is 0 Å². The second-order valence-electron chi connectivity index (χ2n) is 8.86. The molecule has 0 spiro atoms. The van der Waals surface area contributed by atoms with Gasteiger partial charge in [-0.2, -0.15) is 0 Å². The quantitative estimate of drug-likeness (QED) is 0.485. The van der Waals surface area contributed by atoms with Crippen LogP contribution < -0.4 is 0 Å². The van der Waals surface area contributed by atoms with E-state index in [1.807, 2.05) is 0 Å². The van der Waals surface area contributed by atoms with Crippen molar-refractivity contribution in [2.45, 2.75) is 101 Å². The Morgan fingerprint density at radius 2 is 1.32 bits per heavy atom. The van der Waals surface area contributed by atoms with Crippen molar-refractivity contribution in [1.29, 1.82) is 0 Å². The predicted molar refractivity (Wildman–Crippen MR) is 113 cm³/mol. The average Bonchev–Trinajstić information content (AvgIpc) is 2.86. The molecule has 3 aliphatic carbocycles. The van der Waals surface area contributed by atoms with E-state index in [2.05, 4.69) is 45.0 Å². The fraction of sp³-hybridized carbons (Fsp3) is 0.667. The van der Waals surface area contributed by atoms with Crippen LogP contribution in [0.2, 0.25) is 0 Å². The molecule has 0 saturated heterocycles. The Bertz CT molecular complexity index is 628. The standard InChI is InChI=1S/C24H35P/c1-18-19(2)24(3,23-17-11-10-16-22(18)23)25(20-12-6-4-7-13-20)21-14-8-5-9-15-21/h10-11,16-17,20-21H,4-9,12-15H2,1-3H3/t24-/m0/s1. The second kappa shape index (κ2) is 7.19. The Labute approximate surface area is 156 Å². The fourth-order valence-corrected chi connectivity index (χ4v) is 11.0. The summed E-state index contributed by atoms with van der Waals surface area (Å²) < 4.78 is 0. The van der Waals surface area contributed by atoms with E-state index in [0.29, 0.717) is 5.16 Å². The Morgan fingerprint density at radius 1 is 0.800 bits per heavy atom. The van der Waals surface area contributed by atoms with Crippen molar-refractivity contribution < 1.29 is 0 Å². The van der Waals surface area contributed by atoms with Gasteiger partial charge in [0, 0.05) is 5.16 Å². The number of benzene rings is 1. The molecule has 0 N–H and O–H groups in total. The van der Waals surface area contributed by atoms with Crippen molar-refractivity contribution >= 4 is 13.5 Å². The van der Waals surface area contributed by atoms with E-state index in [0.717, 1.165) is 11.3 Å². The zero-order chi connectivity index (χ0) is 17.4. The van der Waals surface area contributed by atoms with Crippen molar-refractivity contribution in [2.24, 2.45) is 0 Å². The third-order valence-electron chi connectivity index (χ3n) is 7.60. The van der Waals surface area contributed by atoms with E-state index in [-0.39, 0.29) is 7.92 Å². The summed E-state index contributed by atoms with van der Waals surface area (Å²) in [6.45, 7) is 7.50. The molecular weight excluding hydrogens is 319 g/mol. The fourth-order valence-electron chi connectivity index (χ4n) is 6.08. The topological polar surface area (TPSA) is 0 Å². The maximum absolute atomic E-state index is 2.65. The summed E-state index contributed by atoms with van der Waals surface area (Å²) in [6.07, 6.45) is 14.9. The zero-order valence-electron chi connectivity index (χ0n) is 16.5. The Kier molecular flexibility index (Phi) is 5.11. The number of hydrogen-bond acceptors (Lipinski definition) is 0. The van der Waals surface area contributed by atoms with E-state index in [4.69, 9.17) is 0 Å². The van der Waals surface area contributed by atoms with Gasteiger partial charge in [-0.1, -0.05) is 76.3 Å². The minimum absolute atomic E-state index is 0.00939. The summed E-state index contributed by atoms with van der Waals surface area (Å²) in [4.78, 5) is 0. The molecule has 1 atom stereocenters. The highest BCUT2D eigenvalue weighted by atomic mass is 31.1. The van der Waals surface area contributed by atoms with E-state index in [1.54, 1.807) is 22.3 Å². The Hall–Kier alpha value is -0.610. The molecule has 0 aliphatic heterocycles. The highest BCUT2D eigenvalue weighted by Crippen LogP contribution is 2.72. The van der Waals surface area contributed by atoms with Crippen LogP contribution in [0.3, 0.4) is 0 Å². The monoisotopic (exact) mass is 354 g/mol. The summed E-state index contributed by atoms with van der Waals surface area (Å²) >= 11 is 0. The summed E-state index contributed by atoms with van der Waals surface area (Å²) in [5, 5.41) is 0.333. The normalized spacial score (nSPS) is 28.6. The average molecular weight is 355 g/mol. The number of fused-ring (bicyclic) bond motifs is 1. The first-order valence-electron chi connectivity index (χ1n) is 10.7. The van der Waals surface area contributed by atoms with Crippen LogP contribution in [0, 0.1) is 0 Å². The Balaban J connectivity index is 1.80. The summed E-state index contributed by atoms with van der Waals surface area (Å²) in [5.41, 5.74) is 8.53. The number of allylic oxidation sites excluding steroid dienone is 2. The van der Waals surface area contributed by atoms with E-state index >= 15 is 0 Å². The van der Waals surface area contributed by atoms with Gasteiger partial charge in [-0.3, -0.25) is 0 Å². The maximum Gasteiger partial charge on any atom is 0.0347 e. The van der Waals surface area contributed by atoms with Crippen LogP contribution in [0.15, 0.2) is 29.8 Å². The molecule has 2 saturated carbocycles. The van der Waals surface area contributed by atoms with Crippen molar-refractivity contribution in [2.75, 3.05) is 0 Å². The van der Waals surface area contributed by atoms with Crippen LogP contribution in [-0.2, 0) is 5.16 Å². The van der Waals surface area contributed by atoms with E-state index in [1.165, 1.54) is 64.2 Å². The van der Waals surface area contributed by atoms with Crippen LogP contribution in [0.25, 0.3) is 5.57 Å². The minimum atomic E-state index is 0.00939. The highest BCUT2D eigenvalue weighted by molar-refractivity contribution is 7.60. The van der Waals surface area contributed by atoms with Crippen molar-refractivity contribution in [1.82, 2.24) is 0 Å². The summed E-state index contributed by atoms with van der Waals surface area (Å²) in [7, 11) is 0.00939. The van der Waals surface area contributed by atoms with Crippen LogP contribution in [-0.4, -0.2) is 11.3 Å². The lowest BCUT2D eigenvalue weighted by Gasteiger charge is -2.49. The van der Waals surface area contributed by atoms with Gasteiger partial charge in [0.15, 0.2) is 0 Å². The minimum Gasteiger partial charge on any atom is -0.0853 e. The largest absolute Gasteiger partial charge is 0.0853 e. The molecule has 3 aliphatic rings. The summed E-state index contributed by atoms with van der Waals surface area (Å²) in [6, 6.07) is 9.38. The van der Waals surface area contributed by atoms with Gasteiger partial charge in [0.05, 0.1) is 0 Å². The molecule has 136 valence electrons. The lowest BCUT2D eigenvalue weighted by atomic mass is 9.97. The number of hydrogen-bond donors (Lipinski definition) is 0. The molecule has 0 unspecified atom stereocenters.